The van der Waals surface area contributed by atoms with E-state index in [1.54, 1.807) is 6.08 Å². The van der Waals surface area contributed by atoms with Gasteiger partial charge in [-0.2, -0.15) is 0 Å². The van der Waals surface area contributed by atoms with E-state index in [1.165, 1.54) is 0 Å². The molecule has 0 unspecified atom stereocenters. The fraction of sp³-hybridized carbons (Fsp3) is 0.455. The Hall–Kier alpha value is -1.38. The first-order chi connectivity index (χ1) is 6.70. The molecule has 0 saturated carbocycles. The maximum absolute atomic E-state index is 11.6. The van der Waals surface area contributed by atoms with Gasteiger partial charge in [-0.1, -0.05) is 24.3 Å². The van der Waals surface area contributed by atoms with Crippen LogP contribution in [0.15, 0.2) is 24.3 Å². The van der Waals surface area contributed by atoms with Crippen molar-refractivity contribution < 1.29 is 14.7 Å². The fourth-order valence-electron chi connectivity index (χ4n) is 2.28. The Kier molecular flexibility index (Phi) is 2.23. The summed E-state index contributed by atoms with van der Waals surface area (Å²) in [7, 11) is 0. The molecule has 3 heteroatoms. The summed E-state index contributed by atoms with van der Waals surface area (Å²) >= 11 is 0. The molecule has 0 fully saturated rings. The number of ketones is 1. The van der Waals surface area contributed by atoms with Crippen LogP contribution in [0.25, 0.3) is 0 Å². The van der Waals surface area contributed by atoms with Gasteiger partial charge in [0.25, 0.3) is 0 Å². The van der Waals surface area contributed by atoms with Crippen molar-refractivity contribution in [2.45, 2.75) is 12.8 Å². The third kappa shape index (κ3) is 1.39. The fourth-order valence-corrected chi connectivity index (χ4v) is 2.28. The number of rotatable bonds is 1. The van der Waals surface area contributed by atoms with Gasteiger partial charge in [0.15, 0.2) is 0 Å². The van der Waals surface area contributed by atoms with Gasteiger partial charge in [0.1, 0.15) is 5.78 Å². The van der Waals surface area contributed by atoms with Gasteiger partial charge in [0, 0.05) is 12.3 Å². The number of Topliss-reactive ketones (excluding diaryl/α,β-unsaturated/α-hetero) is 1. The number of fused-ring (bicyclic) bond motifs is 1. The number of hydrogen-bond acceptors (Lipinski definition) is 2. The molecule has 0 spiro atoms. The molecular formula is C11H12O3. The number of aliphatic carboxylic acids is 1. The molecule has 0 amide bonds. The SMILES string of the molecule is O=C1CC=C[C@H]2CC=C[C@@H](C(=O)O)[C@@H]12. The Morgan fingerprint density at radius 1 is 1.36 bits per heavy atom. The number of carbonyl (C=O) groups is 2. The number of carboxylic acid groups (broad SMARTS) is 1. The molecule has 3 nitrogen and oxygen atoms in total. The van der Waals surface area contributed by atoms with E-state index in [0.29, 0.717) is 6.42 Å². The number of carbonyl (C=O) groups excluding carboxylic acids is 1. The van der Waals surface area contributed by atoms with Crippen LogP contribution >= 0.6 is 0 Å². The topological polar surface area (TPSA) is 54.4 Å². The third-order valence-electron chi connectivity index (χ3n) is 2.96. The van der Waals surface area contributed by atoms with E-state index in [0.717, 1.165) is 6.42 Å². The van der Waals surface area contributed by atoms with Crippen LogP contribution in [0.1, 0.15) is 12.8 Å². The molecule has 0 aromatic carbocycles. The van der Waals surface area contributed by atoms with Gasteiger partial charge in [-0.05, 0) is 12.3 Å². The van der Waals surface area contributed by atoms with E-state index >= 15 is 0 Å². The average molecular weight is 192 g/mol. The summed E-state index contributed by atoms with van der Waals surface area (Å²) in [6.07, 6.45) is 8.52. The molecule has 74 valence electrons. The van der Waals surface area contributed by atoms with Crippen molar-refractivity contribution in [2.75, 3.05) is 0 Å². The predicted molar refractivity (Wildman–Crippen MR) is 50.6 cm³/mol. The van der Waals surface area contributed by atoms with E-state index in [1.807, 2.05) is 18.2 Å². The first-order valence-corrected chi connectivity index (χ1v) is 4.79. The first kappa shape index (κ1) is 9.19. The largest absolute Gasteiger partial charge is 0.481 e. The zero-order valence-corrected chi connectivity index (χ0v) is 7.72. The molecule has 1 N–H and O–H groups in total. The lowest BCUT2D eigenvalue weighted by Gasteiger charge is -2.31. The summed E-state index contributed by atoms with van der Waals surface area (Å²) in [4.78, 5) is 22.5. The molecule has 0 aromatic heterocycles. The van der Waals surface area contributed by atoms with Crippen molar-refractivity contribution in [3.05, 3.63) is 24.3 Å². The van der Waals surface area contributed by atoms with E-state index < -0.39 is 11.9 Å². The summed E-state index contributed by atoms with van der Waals surface area (Å²) in [5, 5.41) is 8.97. The van der Waals surface area contributed by atoms with Crippen molar-refractivity contribution in [3.8, 4) is 0 Å². The number of allylic oxidation sites excluding steroid dienone is 3. The lowest BCUT2D eigenvalue weighted by molar-refractivity contribution is -0.145. The summed E-state index contributed by atoms with van der Waals surface area (Å²) in [6.45, 7) is 0. The minimum Gasteiger partial charge on any atom is -0.481 e. The Bertz CT molecular complexity index is 327. The minimum absolute atomic E-state index is 0.0641. The Morgan fingerprint density at radius 2 is 2.14 bits per heavy atom. The van der Waals surface area contributed by atoms with Crippen molar-refractivity contribution in [3.63, 3.8) is 0 Å². The molecule has 14 heavy (non-hydrogen) atoms. The van der Waals surface area contributed by atoms with E-state index in [4.69, 9.17) is 5.11 Å². The van der Waals surface area contributed by atoms with Crippen LogP contribution in [0.5, 0.6) is 0 Å². The molecule has 0 radical (unpaired) electrons. The zero-order valence-electron chi connectivity index (χ0n) is 7.72. The van der Waals surface area contributed by atoms with Crippen LogP contribution in [-0.2, 0) is 9.59 Å². The first-order valence-electron chi connectivity index (χ1n) is 4.79. The van der Waals surface area contributed by atoms with Crippen molar-refractivity contribution >= 4 is 11.8 Å². The van der Waals surface area contributed by atoms with Gasteiger partial charge in [0.05, 0.1) is 5.92 Å². The molecule has 0 heterocycles. The number of carboxylic acids is 1. The monoisotopic (exact) mass is 192 g/mol. The van der Waals surface area contributed by atoms with Gasteiger partial charge in [-0.15, -0.1) is 0 Å². The second-order valence-corrected chi connectivity index (χ2v) is 3.82. The highest BCUT2D eigenvalue weighted by Crippen LogP contribution is 2.35. The van der Waals surface area contributed by atoms with Crippen LogP contribution in [0.3, 0.4) is 0 Å². The smallest absolute Gasteiger partial charge is 0.311 e. The highest BCUT2D eigenvalue weighted by Gasteiger charge is 2.39. The molecule has 2 aliphatic carbocycles. The van der Waals surface area contributed by atoms with Gasteiger partial charge in [-0.3, -0.25) is 9.59 Å². The summed E-state index contributed by atoms with van der Waals surface area (Å²) < 4.78 is 0. The predicted octanol–water partition coefficient (Wildman–Crippen LogP) is 1.41. The molecule has 3 atom stereocenters. The Balaban J connectivity index is 2.32. The third-order valence-corrected chi connectivity index (χ3v) is 2.96. The second kappa shape index (κ2) is 3.40. The molecule has 2 rings (SSSR count). The van der Waals surface area contributed by atoms with Crippen molar-refractivity contribution in [1.82, 2.24) is 0 Å². The maximum atomic E-state index is 11.6. The van der Waals surface area contributed by atoms with Gasteiger partial charge in [0.2, 0.25) is 0 Å². The molecular weight excluding hydrogens is 180 g/mol. The standard InChI is InChI=1S/C11H12O3/c12-9-6-2-4-7-3-1-5-8(10(7)9)11(13)14/h1-2,4-5,7-8,10H,3,6H2,(H,13,14)/t7-,8-,10+/m1/s1. The summed E-state index contributed by atoms with van der Waals surface area (Å²) in [6, 6.07) is 0. The second-order valence-electron chi connectivity index (χ2n) is 3.82. The molecule has 0 aromatic rings. The van der Waals surface area contributed by atoms with Crippen LogP contribution < -0.4 is 0 Å². The molecule has 0 aliphatic heterocycles. The van der Waals surface area contributed by atoms with E-state index in [2.05, 4.69) is 0 Å². The quantitative estimate of drug-likeness (QED) is 0.639. The van der Waals surface area contributed by atoms with E-state index in [-0.39, 0.29) is 17.6 Å². The maximum Gasteiger partial charge on any atom is 0.311 e. The summed E-state index contributed by atoms with van der Waals surface area (Å²) in [5.74, 6) is -1.68. The van der Waals surface area contributed by atoms with Gasteiger partial charge < -0.3 is 5.11 Å². The van der Waals surface area contributed by atoms with Crippen molar-refractivity contribution in [1.29, 1.82) is 0 Å². The minimum atomic E-state index is -0.889. The summed E-state index contributed by atoms with van der Waals surface area (Å²) in [5.41, 5.74) is 0. The highest BCUT2D eigenvalue weighted by molar-refractivity contribution is 5.89. The number of hydrogen-bond donors (Lipinski definition) is 1. The molecule has 0 bridgehead atoms. The van der Waals surface area contributed by atoms with Crippen LogP contribution in [0.4, 0.5) is 0 Å². The lowest BCUT2D eigenvalue weighted by atomic mass is 9.70. The lowest BCUT2D eigenvalue weighted by Crippen LogP contribution is -2.37. The molecule has 0 saturated heterocycles. The molecule has 2 aliphatic rings. The zero-order chi connectivity index (χ0) is 10.1. The van der Waals surface area contributed by atoms with Crippen LogP contribution in [-0.4, -0.2) is 16.9 Å². The van der Waals surface area contributed by atoms with E-state index in [9.17, 15) is 9.59 Å². The van der Waals surface area contributed by atoms with Crippen LogP contribution in [0.2, 0.25) is 0 Å². The van der Waals surface area contributed by atoms with Gasteiger partial charge in [-0.25, -0.2) is 0 Å². The Labute approximate surface area is 82.1 Å². The van der Waals surface area contributed by atoms with Crippen molar-refractivity contribution in [2.24, 2.45) is 17.8 Å². The average Bonchev–Trinajstić information content (AvgIpc) is 2.17. The highest BCUT2D eigenvalue weighted by atomic mass is 16.4. The van der Waals surface area contributed by atoms with Gasteiger partial charge >= 0.3 is 5.97 Å². The Morgan fingerprint density at radius 3 is 2.86 bits per heavy atom. The normalized spacial score (nSPS) is 35.4. The van der Waals surface area contributed by atoms with Crippen LogP contribution in [0, 0.1) is 17.8 Å².